The number of halogens is 3. The van der Waals surface area contributed by atoms with Crippen LogP contribution in [0.5, 0.6) is 0 Å². The molecule has 11 heteroatoms. The number of benzene rings is 3. The van der Waals surface area contributed by atoms with Gasteiger partial charge >= 0.3 is 0 Å². The Morgan fingerprint density at radius 3 is 2.64 bits per heavy atom. The minimum absolute atomic E-state index is 0.0326. The van der Waals surface area contributed by atoms with E-state index in [1.54, 1.807) is 12.1 Å². The Morgan fingerprint density at radius 1 is 1.05 bits per heavy atom. The normalized spacial score (nSPS) is 13.5. The number of aromatic nitrogens is 4. The van der Waals surface area contributed by atoms with Gasteiger partial charge in [-0.2, -0.15) is 5.26 Å². The van der Waals surface area contributed by atoms with Gasteiger partial charge in [0.25, 0.3) is 0 Å². The van der Waals surface area contributed by atoms with Crippen LogP contribution in [-0.2, 0) is 13.0 Å². The first kappa shape index (κ1) is 27.9. The third-order valence-electron chi connectivity index (χ3n) is 7.35. The first-order chi connectivity index (χ1) is 20.3. The summed E-state index contributed by atoms with van der Waals surface area (Å²) >= 11 is 12.8. The largest absolute Gasteiger partial charge is 0.373 e. The number of hydrogen-bond acceptors (Lipinski definition) is 7. The molecule has 0 amide bonds. The topological polar surface area (TPSA) is 103 Å². The summed E-state index contributed by atoms with van der Waals surface area (Å²) in [5.74, 6) is -0.532. The number of nitriles is 1. The van der Waals surface area contributed by atoms with E-state index in [-0.39, 0.29) is 17.1 Å². The maximum absolute atomic E-state index is 13.8. The van der Waals surface area contributed by atoms with Crippen molar-refractivity contribution in [1.82, 2.24) is 25.3 Å². The lowest BCUT2D eigenvalue weighted by molar-refractivity contribution is 0.514. The molecule has 3 N–H and O–H groups in total. The van der Waals surface area contributed by atoms with Gasteiger partial charge in [0, 0.05) is 35.5 Å². The molecule has 5 aromatic rings. The van der Waals surface area contributed by atoms with Crippen LogP contribution in [0.15, 0.2) is 60.9 Å². The summed E-state index contributed by atoms with van der Waals surface area (Å²) in [6.45, 7) is 5.88. The average Bonchev–Trinajstić information content (AvgIpc) is 3.48. The molecule has 2 aromatic heterocycles. The summed E-state index contributed by atoms with van der Waals surface area (Å²) in [4.78, 5) is 4.45. The van der Waals surface area contributed by atoms with E-state index in [2.05, 4.69) is 69.4 Å². The van der Waals surface area contributed by atoms with Crippen molar-refractivity contribution in [1.29, 1.82) is 5.26 Å². The Hall–Kier alpha value is -4.23. The molecule has 3 aromatic carbocycles. The predicted molar refractivity (Wildman–Crippen MR) is 164 cm³/mol. The first-order valence-corrected chi connectivity index (χ1v) is 14.3. The molecule has 0 saturated carbocycles. The molecule has 0 radical (unpaired) electrons. The van der Waals surface area contributed by atoms with Gasteiger partial charge in [-0.25, -0.2) is 9.07 Å². The first-order valence-electron chi connectivity index (χ1n) is 13.6. The van der Waals surface area contributed by atoms with Gasteiger partial charge in [-0.1, -0.05) is 46.6 Å². The molecule has 42 heavy (non-hydrogen) atoms. The van der Waals surface area contributed by atoms with E-state index in [1.807, 2.05) is 16.9 Å². The molecule has 1 aliphatic rings. The highest BCUT2D eigenvalue weighted by Crippen LogP contribution is 2.37. The van der Waals surface area contributed by atoms with Gasteiger partial charge in [0.1, 0.15) is 17.6 Å². The van der Waals surface area contributed by atoms with Gasteiger partial charge in [-0.05, 0) is 73.8 Å². The molecule has 1 atom stereocenters. The third kappa shape index (κ3) is 5.49. The SMILES string of the molecule is CC(C)n1cc(C(Nc2cc(Cl)c3ncc(C#N)c(Nc4ccc(F)c(Cl)c4)c3c2)c2ccc3c(c2)CNCC3)nn1. The Morgan fingerprint density at radius 2 is 1.88 bits per heavy atom. The fourth-order valence-corrected chi connectivity index (χ4v) is 5.58. The van der Waals surface area contributed by atoms with Crippen molar-refractivity contribution in [3.05, 3.63) is 105 Å². The van der Waals surface area contributed by atoms with E-state index < -0.39 is 5.82 Å². The zero-order valence-electron chi connectivity index (χ0n) is 22.9. The monoisotopic (exact) mass is 600 g/mol. The quantitative estimate of drug-likeness (QED) is 0.180. The molecule has 0 spiro atoms. The summed E-state index contributed by atoms with van der Waals surface area (Å²) in [6, 6.07) is 16.5. The maximum atomic E-state index is 13.8. The summed E-state index contributed by atoms with van der Waals surface area (Å²) in [6.07, 6.45) is 4.40. The van der Waals surface area contributed by atoms with Crippen LogP contribution in [0.1, 0.15) is 53.9 Å². The number of fused-ring (bicyclic) bond motifs is 2. The van der Waals surface area contributed by atoms with Crippen LogP contribution in [0.3, 0.4) is 0 Å². The molecule has 3 heterocycles. The van der Waals surface area contributed by atoms with Crippen LogP contribution in [-0.4, -0.2) is 26.5 Å². The Kier molecular flexibility index (Phi) is 7.69. The number of rotatable bonds is 7. The van der Waals surface area contributed by atoms with E-state index in [0.717, 1.165) is 30.8 Å². The molecule has 0 aliphatic carbocycles. The summed E-state index contributed by atoms with van der Waals surface area (Å²) in [7, 11) is 0. The third-order valence-corrected chi connectivity index (χ3v) is 7.93. The molecule has 212 valence electrons. The number of hydrogen-bond donors (Lipinski definition) is 3. The number of pyridine rings is 1. The number of nitrogens with zero attached hydrogens (tertiary/aromatic N) is 5. The Labute approximate surface area is 252 Å². The van der Waals surface area contributed by atoms with Gasteiger partial charge in [0.15, 0.2) is 0 Å². The standard InChI is InChI=1S/C31H27Cl2FN8/c1-17(2)42-16-28(40-41-42)30(19-4-3-18-7-8-36-14-20(18)9-19)39-23-10-24-29(38-22-5-6-27(34)25(32)11-22)21(13-35)15-37-31(24)26(33)12-23/h3-6,9-12,15-17,30,36,39H,7-8,14H2,1-2H3,(H,37,38). The average molecular weight is 602 g/mol. The summed E-state index contributed by atoms with van der Waals surface area (Å²) < 4.78 is 15.6. The smallest absolute Gasteiger partial charge is 0.141 e. The van der Waals surface area contributed by atoms with Crippen molar-refractivity contribution in [3.8, 4) is 6.07 Å². The molecular formula is C31H27Cl2FN8. The van der Waals surface area contributed by atoms with Crippen molar-refractivity contribution >= 4 is 51.2 Å². The fraction of sp³-hybridized carbons (Fsp3) is 0.226. The molecule has 1 aliphatic heterocycles. The molecule has 0 saturated heterocycles. The highest BCUT2D eigenvalue weighted by atomic mass is 35.5. The maximum Gasteiger partial charge on any atom is 0.141 e. The Bertz CT molecular complexity index is 1850. The van der Waals surface area contributed by atoms with E-state index in [4.69, 9.17) is 23.2 Å². The van der Waals surface area contributed by atoms with E-state index in [1.165, 1.54) is 29.5 Å². The minimum Gasteiger partial charge on any atom is -0.373 e. The van der Waals surface area contributed by atoms with Crippen LogP contribution in [0.2, 0.25) is 10.0 Å². The van der Waals surface area contributed by atoms with Gasteiger partial charge in [0.2, 0.25) is 0 Å². The molecule has 1 unspecified atom stereocenters. The highest BCUT2D eigenvalue weighted by Gasteiger charge is 2.22. The van der Waals surface area contributed by atoms with Crippen molar-refractivity contribution < 1.29 is 4.39 Å². The molecule has 6 rings (SSSR count). The van der Waals surface area contributed by atoms with Crippen molar-refractivity contribution in [2.45, 2.75) is 38.9 Å². The molecule has 8 nitrogen and oxygen atoms in total. The van der Waals surface area contributed by atoms with Gasteiger partial charge in [-0.3, -0.25) is 4.98 Å². The molecule has 0 fully saturated rings. The van der Waals surface area contributed by atoms with Crippen molar-refractivity contribution in [2.75, 3.05) is 17.2 Å². The second-order valence-corrected chi connectivity index (χ2v) is 11.3. The van der Waals surface area contributed by atoms with Crippen LogP contribution < -0.4 is 16.0 Å². The second kappa shape index (κ2) is 11.6. The van der Waals surface area contributed by atoms with Crippen LogP contribution in [0.4, 0.5) is 21.5 Å². The molecular weight excluding hydrogens is 574 g/mol. The summed E-state index contributed by atoms with van der Waals surface area (Å²) in [5, 5.41) is 30.0. The fourth-order valence-electron chi connectivity index (χ4n) is 5.13. The van der Waals surface area contributed by atoms with E-state index in [0.29, 0.717) is 38.6 Å². The van der Waals surface area contributed by atoms with Crippen LogP contribution >= 0.6 is 23.2 Å². The predicted octanol–water partition coefficient (Wildman–Crippen LogP) is 7.32. The van der Waals surface area contributed by atoms with Crippen LogP contribution in [0.25, 0.3) is 10.9 Å². The lowest BCUT2D eigenvalue weighted by Crippen LogP contribution is -2.24. The highest BCUT2D eigenvalue weighted by molar-refractivity contribution is 6.36. The lowest BCUT2D eigenvalue weighted by Gasteiger charge is -2.23. The zero-order chi connectivity index (χ0) is 29.4. The number of nitrogens with one attached hydrogen (secondary N) is 3. The zero-order valence-corrected chi connectivity index (χ0v) is 24.4. The van der Waals surface area contributed by atoms with Gasteiger partial charge in [-0.15, -0.1) is 5.10 Å². The van der Waals surface area contributed by atoms with E-state index in [9.17, 15) is 9.65 Å². The van der Waals surface area contributed by atoms with Gasteiger partial charge in [0.05, 0.1) is 39.1 Å². The van der Waals surface area contributed by atoms with Crippen molar-refractivity contribution in [3.63, 3.8) is 0 Å². The molecule has 0 bridgehead atoms. The minimum atomic E-state index is -0.532. The van der Waals surface area contributed by atoms with E-state index >= 15 is 0 Å². The number of anilines is 3. The van der Waals surface area contributed by atoms with Crippen molar-refractivity contribution in [2.24, 2.45) is 0 Å². The second-order valence-electron chi connectivity index (χ2n) is 10.5. The van der Waals surface area contributed by atoms with Crippen LogP contribution in [0, 0.1) is 17.1 Å². The Balaban J connectivity index is 1.45. The summed E-state index contributed by atoms with van der Waals surface area (Å²) in [5.41, 5.74) is 6.90. The lowest BCUT2D eigenvalue weighted by atomic mass is 9.94. The van der Waals surface area contributed by atoms with Gasteiger partial charge < -0.3 is 16.0 Å².